The van der Waals surface area contributed by atoms with Crippen LogP contribution >= 0.6 is 0 Å². The molecule has 13 heteroatoms. The van der Waals surface area contributed by atoms with Crippen LogP contribution in [0.15, 0.2) is 78.0 Å². The average molecular weight is 613 g/mol. The summed E-state index contributed by atoms with van der Waals surface area (Å²) in [5.41, 5.74) is 1.33. The molecule has 2 aromatic carbocycles. The van der Waals surface area contributed by atoms with Gasteiger partial charge in [0.05, 0.1) is 24.6 Å². The summed E-state index contributed by atoms with van der Waals surface area (Å²) < 4.78 is 31.4. The standard InChI is InChI=1S/C32H33FN8O4/c1-22-29(32(43)41(38(22)2)24-7-4-3-5-8-24)31(42)36-23-9-10-28(26(33)19-23)45-25-11-12-34-27(20-25)30-37-35-21-40(30)14-6-13-39-15-17-44-18-16-39/h3-5,7-12,19-21H,6,13-18H2,1-2H3,(H,36,42). The molecule has 0 aliphatic carbocycles. The molecule has 1 aliphatic heterocycles. The first-order chi connectivity index (χ1) is 21.9. The van der Waals surface area contributed by atoms with Crippen molar-refractivity contribution in [3.63, 3.8) is 0 Å². The maximum absolute atomic E-state index is 15.2. The van der Waals surface area contributed by atoms with Crippen molar-refractivity contribution in [2.75, 3.05) is 38.2 Å². The Morgan fingerprint density at radius 1 is 1.07 bits per heavy atom. The summed E-state index contributed by atoms with van der Waals surface area (Å²) in [5.74, 6) is -0.421. The van der Waals surface area contributed by atoms with Gasteiger partial charge in [-0.3, -0.25) is 24.2 Å². The number of carbonyl (C=O) groups excluding carboxylic acids is 1. The highest BCUT2D eigenvalue weighted by atomic mass is 19.1. The molecule has 5 aromatic rings. The predicted octanol–water partition coefficient (Wildman–Crippen LogP) is 4.04. The molecule has 3 aromatic heterocycles. The van der Waals surface area contributed by atoms with E-state index in [0.29, 0.717) is 28.6 Å². The molecule has 0 spiro atoms. The lowest BCUT2D eigenvalue weighted by atomic mass is 10.2. The summed E-state index contributed by atoms with van der Waals surface area (Å²) in [6.45, 7) is 6.74. The number of carbonyl (C=O) groups is 1. The van der Waals surface area contributed by atoms with Crippen LogP contribution in [0.1, 0.15) is 22.5 Å². The first-order valence-electron chi connectivity index (χ1n) is 14.7. The lowest BCUT2D eigenvalue weighted by Gasteiger charge is -2.26. The Bertz CT molecular complexity index is 1860. The zero-order chi connectivity index (χ0) is 31.3. The lowest BCUT2D eigenvalue weighted by Crippen LogP contribution is -2.37. The van der Waals surface area contributed by atoms with Crippen molar-refractivity contribution in [3.05, 3.63) is 101 Å². The largest absolute Gasteiger partial charge is 0.454 e. The third kappa shape index (κ3) is 6.54. The van der Waals surface area contributed by atoms with Crippen LogP contribution in [0.25, 0.3) is 17.2 Å². The van der Waals surface area contributed by atoms with Crippen LogP contribution in [0.5, 0.6) is 11.5 Å². The highest BCUT2D eigenvalue weighted by molar-refractivity contribution is 6.05. The van der Waals surface area contributed by atoms with Crippen molar-refractivity contribution in [2.45, 2.75) is 19.9 Å². The van der Waals surface area contributed by atoms with E-state index in [0.717, 1.165) is 51.9 Å². The number of hydrogen-bond donors (Lipinski definition) is 1. The maximum atomic E-state index is 15.2. The Morgan fingerprint density at radius 3 is 2.64 bits per heavy atom. The minimum Gasteiger partial charge on any atom is -0.454 e. The molecule has 0 atom stereocenters. The van der Waals surface area contributed by atoms with Crippen molar-refractivity contribution < 1.29 is 18.7 Å². The van der Waals surface area contributed by atoms with Gasteiger partial charge >= 0.3 is 0 Å². The van der Waals surface area contributed by atoms with Crippen molar-refractivity contribution in [3.8, 4) is 28.7 Å². The number of nitrogens with zero attached hydrogens (tertiary/aromatic N) is 7. The zero-order valence-electron chi connectivity index (χ0n) is 25.0. The fourth-order valence-corrected chi connectivity index (χ4v) is 5.32. The number of anilines is 1. The summed E-state index contributed by atoms with van der Waals surface area (Å²) >= 11 is 0. The van der Waals surface area contributed by atoms with Gasteiger partial charge in [0, 0.05) is 57.2 Å². The first-order valence-corrected chi connectivity index (χ1v) is 14.7. The number of ether oxygens (including phenoxy) is 2. The fraction of sp³-hybridized carbons (Fsp3) is 0.281. The van der Waals surface area contributed by atoms with Gasteiger partial charge in [0.15, 0.2) is 17.4 Å². The van der Waals surface area contributed by atoms with Crippen LogP contribution in [0, 0.1) is 12.7 Å². The fourth-order valence-electron chi connectivity index (χ4n) is 5.32. The van der Waals surface area contributed by atoms with Crippen LogP contribution in [0.2, 0.25) is 0 Å². The third-order valence-electron chi connectivity index (χ3n) is 7.75. The van der Waals surface area contributed by atoms with Crippen LogP contribution in [-0.4, -0.2) is 72.8 Å². The summed E-state index contributed by atoms with van der Waals surface area (Å²) in [6.07, 6.45) is 4.15. The summed E-state index contributed by atoms with van der Waals surface area (Å²) in [4.78, 5) is 33.1. The maximum Gasteiger partial charge on any atom is 0.284 e. The Kier molecular flexibility index (Phi) is 8.80. The molecule has 6 rings (SSSR count). The number of rotatable bonds is 10. The minimum absolute atomic E-state index is 0.0275. The Balaban J connectivity index is 1.13. The van der Waals surface area contributed by atoms with Gasteiger partial charge in [0.2, 0.25) is 0 Å². The van der Waals surface area contributed by atoms with Gasteiger partial charge in [-0.05, 0) is 43.7 Å². The average Bonchev–Trinajstić information content (AvgIpc) is 3.60. The number of nitrogens with one attached hydrogen (secondary N) is 1. The normalized spacial score (nSPS) is 13.6. The second kappa shape index (κ2) is 13.2. The Hall–Kier alpha value is -5.14. The number of para-hydroxylation sites is 1. The number of hydrogen-bond acceptors (Lipinski definition) is 8. The second-order valence-electron chi connectivity index (χ2n) is 10.7. The topological polar surface area (TPSA) is 121 Å². The molecule has 12 nitrogen and oxygen atoms in total. The minimum atomic E-state index is -0.691. The number of aromatic nitrogens is 6. The molecule has 0 unspecified atom stereocenters. The molecule has 0 bridgehead atoms. The van der Waals surface area contributed by atoms with Crippen molar-refractivity contribution in [2.24, 2.45) is 7.05 Å². The smallest absolute Gasteiger partial charge is 0.284 e. The number of benzene rings is 2. The number of halogens is 1. The van der Waals surface area contributed by atoms with Crippen molar-refractivity contribution in [1.82, 2.24) is 34.0 Å². The molecular weight excluding hydrogens is 579 g/mol. The SMILES string of the molecule is Cc1c(C(=O)Nc2ccc(Oc3ccnc(-c4nncn4CCCN4CCOCC4)c3)c(F)c2)c(=O)n(-c2ccccc2)n1C. The summed E-state index contributed by atoms with van der Waals surface area (Å²) in [7, 11) is 1.70. The van der Waals surface area contributed by atoms with Gasteiger partial charge in [0.1, 0.15) is 23.3 Å². The monoisotopic (exact) mass is 612 g/mol. The van der Waals surface area contributed by atoms with E-state index in [1.807, 2.05) is 22.8 Å². The van der Waals surface area contributed by atoms with E-state index in [-0.39, 0.29) is 17.0 Å². The first kappa shape index (κ1) is 29.9. The quantitative estimate of drug-likeness (QED) is 0.251. The number of aryl methyl sites for hydroxylation is 1. The molecule has 4 heterocycles. The molecule has 1 N–H and O–H groups in total. The van der Waals surface area contributed by atoms with E-state index in [2.05, 4.69) is 25.4 Å². The molecule has 0 radical (unpaired) electrons. The van der Waals surface area contributed by atoms with E-state index in [4.69, 9.17) is 9.47 Å². The van der Waals surface area contributed by atoms with Gasteiger partial charge in [-0.25, -0.2) is 9.07 Å². The van der Waals surface area contributed by atoms with Crippen LogP contribution in [0.3, 0.4) is 0 Å². The molecular formula is C32H33FN8O4. The van der Waals surface area contributed by atoms with E-state index < -0.39 is 17.3 Å². The Morgan fingerprint density at radius 2 is 1.87 bits per heavy atom. The summed E-state index contributed by atoms with van der Waals surface area (Å²) in [5, 5.41) is 10.9. The number of morpholine rings is 1. The van der Waals surface area contributed by atoms with Gasteiger partial charge in [-0.15, -0.1) is 10.2 Å². The molecule has 1 fully saturated rings. The van der Waals surface area contributed by atoms with Gasteiger partial charge < -0.3 is 19.4 Å². The van der Waals surface area contributed by atoms with E-state index in [1.54, 1.807) is 55.4 Å². The zero-order valence-corrected chi connectivity index (χ0v) is 25.0. The Labute approximate surface area is 258 Å². The molecule has 0 saturated carbocycles. The van der Waals surface area contributed by atoms with Gasteiger partial charge in [-0.1, -0.05) is 18.2 Å². The second-order valence-corrected chi connectivity index (χ2v) is 10.7. The molecule has 1 aliphatic rings. The lowest BCUT2D eigenvalue weighted by molar-refractivity contribution is 0.0369. The van der Waals surface area contributed by atoms with Gasteiger partial charge in [-0.2, -0.15) is 0 Å². The van der Waals surface area contributed by atoms with Crippen LogP contribution < -0.4 is 15.6 Å². The number of pyridine rings is 1. The highest BCUT2D eigenvalue weighted by Crippen LogP contribution is 2.29. The molecule has 45 heavy (non-hydrogen) atoms. The molecule has 1 saturated heterocycles. The molecule has 1 amide bonds. The number of amides is 1. The predicted molar refractivity (Wildman–Crippen MR) is 165 cm³/mol. The van der Waals surface area contributed by atoms with E-state index in [1.165, 1.54) is 16.8 Å². The van der Waals surface area contributed by atoms with E-state index in [9.17, 15) is 9.59 Å². The van der Waals surface area contributed by atoms with Crippen LogP contribution in [-0.2, 0) is 18.3 Å². The van der Waals surface area contributed by atoms with Crippen LogP contribution in [0.4, 0.5) is 10.1 Å². The van der Waals surface area contributed by atoms with Crippen molar-refractivity contribution in [1.29, 1.82) is 0 Å². The van der Waals surface area contributed by atoms with Crippen molar-refractivity contribution >= 4 is 11.6 Å². The third-order valence-corrected chi connectivity index (χ3v) is 7.75. The summed E-state index contributed by atoms with van der Waals surface area (Å²) in [6, 6.07) is 16.4. The van der Waals surface area contributed by atoms with E-state index >= 15 is 4.39 Å². The van der Waals surface area contributed by atoms with Gasteiger partial charge in [0.25, 0.3) is 11.5 Å². The molecule has 232 valence electrons. The highest BCUT2D eigenvalue weighted by Gasteiger charge is 2.23.